The van der Waals surface area contributed by atoms with Crippen LogP contribution in [0.3, 0.4) is 0 Å². The van der Waals surface area contributed by atoms with Crippen molar-refractivity contribution in [2.24, 2.45) is 0 Å². The number of rotatable bonds is 1. The van der Waals surface area contributed by atoms with Crippen LogP contribution in [0.15, 0.2) is 11.7 Å². The van der Waals surface area contributed by atoms with Crippen molar-refractivity contribution < 1.29 is 25.2 Å². The third-order valence-electron chi connectivity index (χ3n) is 2.10. The van der Waals surface area contributed by atoms with E-state index in [1.54, 1.807) is 7.85 Å². The Morgan fingerprint density at radius 3 is 2.38 bits per heavy atom. The Morgan fingerprint density at radius 2 is 1.92 bits per heavy atom. The highest BCUT2D eigenvalue weighted by molar-refractivity contribution is 6.17. The third kappa shape index (κ3) is 1.86. The number of aliphatic hydroxyl groups is 4. The highest BCUT2D eigenvalue weighted by Crippen LogP contribution is 2.22. The molecule has 0 spiro atoms. The number of hydrogen-bond donors (Lipinski definition) is 4. The summed E-state index contributed by atoms with van der Waals surface area (Å²) in [5, 5.41) is 36.7. The van der Waals surface area contributed by atoms with Gasteiger partial charge in [0.15, 0.2) is 0 Å². The van der Waals surface area contributed by atoms with Gasteiger partial charge in [0.2, 0.25) is 0 Å². The summed E-state index contributed by atoms with van der Waals surface area (Å²) in [7, 11) is 1.64. The summed E-state index contributed by atoms with van der Waals surface area (Å²) in [6.07, 6.45) is -4.66. The van der Waals surface area contributed by atoms with Gasteiger partial charge in [-0.1, -0.05) is 5.98 Å². The Morgan fingerprint density at radius 1 is 1.31 bits per heavy atom. The van der Waals surface area contributed by atoms with E-state index >= 15 is 0 Å². The van der Waals surface area contributed by atoms with Crippen molar-refractivity contribution in [2.75, 3.05) is 6.61 Å². The lowest BCUT2D eigenvalue weighted by Gasteiger charge is -2.36. The van der Waals surface area contributed by atoms with E-state index in [0.717, 1.165) is 0 Å². The maximum Gasteiger partial charge on any atom is 0.150 e. The first kappa shape index (κ1) is 10.5. The molecular formula is C7H13BO5. The lowest BCUT2D eigenvalue weighted by Crippen LogP contribution is -2.53. The van der Waals surface area contributed by atoms with Crippen LogP contribution in [0.5, 0.6) is 0 Å². The highest BCUT2D eigenvalue weighted by atomic mass is 16.5. The predicted molar refractivity (Wildman–Crippen MR) is 46.6 cm³/mol. The van der Waals surface area contributed by atoms with Gasteiger partial charge in [0, 0.05) is 0 Å². The molecule has 4 atom stereocenters. The molecule has 74 valence electrons. The van der Waals surface area contributed by atoms with Crippen molar-refractivity contribution >= 4 is 7.85 Å². The van der Waals surface area contributed by atoms with Gasteiger partial charge in [-0.15, -0.1) is 0 Å². The molecule has 1 heterocycles. The molecule has 0 aromatic rings. The summed E-state index contributed by atoms with van der Waals surface area (Å²) in [4.78, 5) is 0. The van der Waals surface area contributed by atoms with E-state index in [-0.39, 0.29) is 5.76 Å². The van der Waals surface area contributed by atoms with E-state index in [0.29, 0.717) is 0 Å². The number of aliphatic hydroxyl groups excluding tert-OH is 4. The molecule has 1 saturated heterocycles. The minimum Gasteiger partial charge on any atom is -0.488 e. The maximum absolute atomic E-state index is 9.34. The molecule has 0 amide bonds. The van der Waals surface area contributed by atoms with Crippen molar-refractivity contribution in [1.29, 1.82) is 0 Å². The molecule has 0 aliphatic carbocycles. The van der Waals surface area contributed by atoms with E-state index in [9.17, 15) is 15.3 Å². The molecule has 1 aliphatic heterocycles. The van der Waals surface area contributed by atoms with Gasteiger partial charge in [0.1, 0.15) is 38.0 Å². The molecule has 1 fully saturated rings. The monoisotopic (exact) mass is 188 g/mol. The first-order valence-corrected chi connectivity index (χ1v) is 4.09. The standard InChI is InChI=1S/C7H13BO5/c8-1-3-5(10)7(12)6(11)4(2-9)13-3/h1,4-7,9-12H,2,8H2/b3-1-/t4?,5?,6-,7+/m0/s1. The molecule has 2 unspecified atom stereocenters. The molecule has 0 aromatic carbocycles. The Kier molecular flexibility index (Phi) is 3.32. The fraction of sp³-hybridized carbons (Fsp3) is 0.714. The third-order valence-corrected chi connectivity index (χ3v) is 2.10. The van der Waals surface area contributed by atoms with E-state index in [4.69, 9.17) is 9.84 Å². The van der Waals surface area contributed by atoms with Crippen LogP contribution in [0.25, 0.3) is 0 Å². The summed E-state index contributed by atoms with van der Waals surface area (Å²) in [5.41, 5.74) is 0. The van der Waals surface area contributed by atoms with Crippen LogP contribution >= 0.6 is 0 Å². The second-order valence-electron chi connectivity index (χ2n) is 2.96. The predicted octanol–water partition coefficient (Wildman–Crippen LogP) is -3.07. The van der Waals surface area contributed by atoms with Gasteiger partial charge in [-0.25, -0.2) is 0 Å². The van der Waals surface area contributed by atoms with Crippen LogP contribution < -0.4 is 0 Å². The largest absolute Gasteiger partial charge is 0.488 e. The molecule has 13 heavy (non-hydrogen) atoms. The first-order chi connectivity index (χ1) is 6.11. The Labute approximate surface area is 76.7 Å². The highest BCUT2D eigenvalue weighted by Gasteiger charge is 2.40. The van der Waals surface area contributed by atoms with Gasteiger partial charge >= 0.3 is 0 Å². The average Bonchev–Trinajstić information content (AvgIpc) is 2.15. The summed E-state index contributed by atoms with van der Waals surface area (Å²) in [6, 6.07) is 0. The van der Waals surface area contributed by atoms with Gasteiger partial charge in [-0.05, 0) is 0 Å². The molecule has 1 rings (SSSR count). The van der Waals surface area contributed by atoms with Crippen molar-refractivity contribution in [3.05, 3.63) is 11.7 Å². The summed E-state index contributed by atoms with van der Waals surface area (Å²) in [6.45, 7) is -0.401. The van der Waals surface area contributed by atoms with Crippen molar-refractivity contribution in [2.45, 2.75) is 24.4 Å². The summed E-state index contributed by atoms with van der Waals surface area (Å²) in [5.74, 6) is 1.67. The molecule has 4 N–H and O–H groups in total. The topological polar surface area (TPSA) is 90.2 Å². The fourth-order valence-electron chi connectivity index (χ4n) is 1.27. The molecule has 0 aromatic heterocycles. The van der Waals surface area contributed by atoms with Crippen molar-refractivity contribution in [3.8, 4) is 0 Å². The Hall–Kier alpha value is -0.555. The lowest BCUT2D eigenvalue weighted by atomic mass is 9.95. The normalized spacial score (nSPS) is 43.2. The Balaban J connectivity index is 2.78. The minimum absolute atomic E-state index is 0.178. The van der Waals surface area contributed by atoms with Gasteiger partial charge < -0.3 is 25.2 Å². The molecule has 5 nitrogen and oxygen atoms in total. The molecule has 6 heteroatoms. The van der Waals surface area contributed by atoms with Crippen molar-refractivity contribution in [3.63, 3.8) is 0 Å². The summed E-state index contributed by atoms with van der Waals surface area (Å²) < 4.78 is 5.03. The Bertz CT molecular complexity index is 205. The average molecular weight is 188 g/mol. The van der Waals surface area contributed by atoms with Crippen LogP contribution in [0.1, 0.15) is 0 Å². The number of ether oxygens (including phenoxy) is 1. The SMILES string of the molecule is B/C=C1\OC(CO)[C@H](O)[C@H](O)C1O. The van der Waals surface area contributed by atoms with Gasteiger partial charge in [0.25, 0.3) is 0 Å². The van der Waals surface area contributed by atoms with E-state index < -0.39 is 31.0 Å². The van der Waals surface area contributed by atoms with Crippen LogP contribution in [-0.2, 0) is 4.74 Å². The fourth-order valence-corrected chi connectivity index (χ4v) is 1.27. The smallest absolute Gasteiger partial charge is 0.150 e. The second kappa shape index (κ2) is 4.10. The van der Waals surface area contributed by atoms with Crippen LogP contribution in [0, 0.1) is 0 Å². The van der Waals surface area contributed by atoms with E-state index in [1.165, 1.54) is 5.98 Å². The minimum atomic E-state index is -1.31. The maximum atomic E-state index is 9.34. The second-order valence-corrected chi connectivity index (χ2v) is 2.96. The molecule has 0 saturated carbocycles. The van der Waals surface area contributed by atoms with Crippen LogP contribution in [0.2, 0.25) is 0 Å². The zero-order valence-electron chi connectivity index (χ0n) is 7.29. The van der Waals surface area contributed by atoms with Crippen molar-refractivity contribution in [1.82, 2.24) is 0 Å². The van der Waals surface area contributed by atoms with E-state index in [1.807, 2.05) is 0 Å². The molecule has 1 aliphatic rings. The lowest BCUT2D eigenvalue weighted by molar-refractivity contribution is -0.164. The van der Waals surface area contributed by atoms with Crippen LogP contribution in [0.4, 0.5) is 0 Å². The summed E-state index contributed by atoms with van der Waals surface area (Å²) >= 11 is 0. The first-order valence-electron chi connectivity index (χ1n) is 4.09. The van der Waals surface area contributed by atoms with Gasteiger partial charge in [-0.2, -0.15) is 0 Å². The zero-order chi connectivity index (χ0) is 10.0. The van der Waals surface area contributed by atoms with Gasteiger partial charge in [-0.3, -0.25) is 0 Å². The number of hydrogen-bond acceptors (Lipinski definition) is 5. The van der Waals surface area contributed by atoms with Crippen LogP contribution in [-0.4, -0.2) is 59.3 Å². The zero-order valence-corrected chi connectivity index (χ0v) is 7.29. The van der Waals surface area contributed by atoms with Gasteiger partial charge in [0.05, 0.1) is 6.61 Å². The quantitative estimate of drug-likeness (QED) is 0.328. The molecular weight excluding hydrogens is 175 g/mol. The van der Waals surface area contributed by atoms with E-state index in [2.05, 4.69) is 0 Å². The molecule has 0 radical (unpaired) electrons. The molecule has 0 bridgehead atoms.